The Morgan fingerprint density at radius 2 is 1.81 bits per heavy atom. The number of hydrogen-bond donors (Lipinski definition) is 0. The zero-order chi connectivity index (χ0) is 21.5. The summed E-state index contributed by atoms with van der Waals surface area (Å²) in [7, 11) is 1.66. The summed E-state index contributed by atoms with van der Waals surface area (Å²) in [6.07, 6.45) is 6.56. The molecule has 7 nitrogen and oxygen atoms in total. The fourth-order valence-corrected chi connectivity index (χ4v) is 5.05. The largest absolute Gasteiger partial charge is 0.497 e. The molecule has 2 aromatic rings. The maximum Gasteiger partial charge on any atom is 0.249 e. The van der Waals surface area contributed by atoms with Crippen molar-refractivity contribution in [2.75, 3.05) is 13.7 Å². The highest BCUT2D eigenvalue weighted by Gasteiger charge is 2.47. The van der Waals surface area contributed by atoms with Crippen molar-refractivity contribution >= 4 is 5.91 Å². The van der Waals surface area contributed by atoms with Gasteiger partial charge < -0.3 is 14.4 Å². The standard InChI is InChI=1S/C24H32N4O3/c1-15(2)28-24(25-23(26-28)17-6-4-5-7-17)22-21(16-8-12-19(30-3)13-9-16)27(18-10-11-18)20(29)14-31-22/h8-9,12-13,15,17-18,21-22H,4-7,10-11,14H2,1-3H3/t21-,22+/m1/s1. The van der Waals surface area contributed by atoms with Gasteiger partial charge in [-0.15, -0.1) is 0 Å². The van der Waals surface area contributed by atoms with Crippen LogP contribution in [0.1, 0.15) is 93.7 Å². The Balaban J connectivity index is 1.57. The molecule has 0 bridgehead atoms. The molecule has 7 heteroatoms. The summed E-state index contributed by atoms with van der Waals surface area (Å²) < 4.78 is 13.6. The van der Waals surface area contributed by atoms with Crippen molar-refractivity contribution in [3.05, 3.63) is 41.5 Å². The zero-order valence-electron chi connectivity index (χ0n) is 18.7. The Bertz CT molecular complexity index is 929. The van der Waals surface area contributed by atoms with E-state index in [1.165, 1.54) is 12.8 Å². The molecule has 2 atom stereocenters. The maximum atomic E-state index is 12.9. The van der Waals surface area contributed by atoms with E-state index in [1.807, 2.05) is 33.8 Å². The molecule has 0 spiro atoms. The van der Waals surface area contributed by atoms with E-state index >= 15 is 0 Å². The predicted octanol–water partition coefficient (Wildman–Crippen LogP) is 4.33. The van der Waals surface area contributed by atoms with E-state index in [4.69, 9.17) is 19.6 Å². The highest BCUT2D eigenvalue weighted by Crippen LogP contribution is 2.46. The van der Waals surface area contributed by atoms with E-state index in [0.29, 0.717) is 5.92 Å². The van der Waals surface area contributed by atoms with Crippen LogP contribution in [0.3, 0.4) is 0 Å². The number of ether oxygens (including phenoxy) is 2. The van der Waals surface area contributed by atoms with Crippen LogP contribution in [0, 0.1) is 0 Å². The third kappa shape index (κ3) is 3.84. The summed E-state index contributed by atoms with van der Waals surface area (Å²) in [6, 6.07) is 8.24. The molecule has 166 valence electrons. The van der Waals surface area contributed by atoms with Gasteiger partial charge in [-0.2, -0.15) is 5.10 Å². The molecule has 31 heavy (non-hydrogen) atoms. The number of morpholine rings is 1. The molecule has 3 fully saturated rings. The van der Waals surface area contributed by atoms with Gasteiger partial charge in [-0.25, -0.2) is 9.67 Å². The van der Waals surface area contributed by atoms with Crippen molar-refractivity contribution in [3.8, 4) is 5.75 Å². The van der Waals surface area contributed by atoms with Crippen LogP contribution in [0.25, 0.3) is 0 Å². The van der Waals surface area contributed by atoms with E-state index in [0.717, 1.165) is 48.6 Å². The molecular formula is C24H32N4O3. The quantitative estimate of drug-likeness (QED) is 0.690. The number of rotatable bonds is 6. The number of hydrogen-bond acceptors (Lipinski definition) is 5. The number of nitrogens with zero attached hydrogens (tertiary/aromatic N) is 4. The fraction of sp³-hybridized carbons (Fsp3) is 0.625. The lowest BCUT2D eigenvalue weighted by Gasteiger charge is -2.41. The van der Waals surface area contributed by atoms with Gasteiger partial charge >= 0.3 is 0 Å². The lowest BCUT2D eigenvalue weighted by Crippen LogP contribution is -2.47. The lowest BCUT2D eigenvalue weighted by molar-refractivity contribution is -0.160. The Hall–Kier alpha value is -2.41. The van der Waals surface area contributed by atoms with Crippen LogP contribution in [0.4, 0.5) is 0 Å². The van der Waals surface area contributed by atoms with Crippen LogP contribution in [-0.4, -0.2) is 45.3 Å². The highest BCUT2D eigenvalue weighted by molar-refractivity contribution is 5.79. The van der Waals surface area contributed by atoms with Gasteiger partial charge in [0.25, 0.3) is 0 Å². The molecule has 1 amide bonds. The molecule has 1 aliphatic heterocycles. The molecule has 0 unspecified atom stereocenters. The minimum Gasteiger partial charge on any atom is -0.497 e. The number of aromatic nitrogens is 3. The Morgan fingerprint density at radius 1 is 1.10 bits per heavy atom. The highest BCUT2D eigenvalue weighted by atomic mass is 16.5. The van der Waals surface area contributed by atoms with E-state index in [2.05, 4.69) is 13.8 Å². The van der Waals surface area contributed by atoms with E-state index in [9.17, 15) is 4.79 Å². The van der Waals surface area contributed by atoms with Crippen LogP contribution in [0.5, 0.6) is 5.75 Å². The monoisotopic (exact) mass is 424 g/mol. The fourth-order valence-electron chi connectivity index (χ4n) is 5.05. The molecular weight excluding hydrogens is 392 g/mol. The van der Waals surface area contributed by atoms with Crippen LogP contribution in [0.15, 0.2) is 24.3 Å². The van der Waals surface area contributed by atoms with Crippen LogP contribution < -0.4 is 4.74 Å². The van der Waals surface area contributed by atoms with Gasteiger partial charge in [0.1, 0.15) is 18.5 Å². The van der Waals surface area contributed by atoms with E-state index in [-0.39, 0.29) is 36.7 Å². The van der Waals surface area contributed by atoms with Gasteiger partial charge in [0.05, 0.1) is 13.2 Å². The Morgan fingerprint density at radius 3 is 2.42 bits per heavy atom. The van der Waals surface area contributed by atoms with Crippen LogP contribution >= 0.6 is 0 Å². The molecule has 1 aromatic heterocycles. The SMILES string of the molecule is COc1ccc([C@@H]2[C@@H](c3nc(C4CCCC4)nn3C(C)C)OCC(=O)N2C2CC2)cc1. The van der Waals surface area contributed by atoms with Crippen molar-refractivity contribution in [1.82, 2.24) is 19.7 Å². The lowest BCUT2D eigenvalue weighted by atomic mass is 9.96. The zero-order valence-corrected chi connectivity index (χ0v) is 18.7. The first kappa shape index (κ1) is 20.5. The van der Waals surface area contributed by atoms with E-state index < -0.39 is 0 Å². The van der Waals surface area contributed by atoms with E-state index in [1.54, 1.807) is 7.11 Å². The van der Waals surface area contributed by atoms with Gasteiger partial charge in [0, 0.05) is 18.0 Å². The van der Waals surface area contributed by atoms with Gasteiger partial charge in [-0.3, -0.25) is 4.79 Å². The van der Waals surface area contributed by atoms with Gasteiger partial charge in [-0.1, -0.05) is 25.0 Å². The first-order valence-corrected chi connectivity index (χ1v) is 11.6. The number of carbonyl (C=O) groups excluding carboxylic acids is 1. The number of methoxy groups -OCH3 is 1. The molecule has 0 N–H and O–H groups in total. The van der Waals surface area contributed by atoms with Gasteiger partial charge in [0.15, 0.2) is 11.6 Å². The first-order valence-electron chi connectivity index (χ1n) is 11.6. The molecule has 3 aliphatic rings. The normalized spacial score (nSPS) is 24.9. The van der Waals surface area contributed by atoms with Crippen molar-refractivity contribution in [2.24, 2.45) is 0 Å². The number of benzene rings is 1. The third-order valence-electron chi connectivity index (χ3n) is 6.80. The topological polar surface area (TPSA) is 69.5 Å². The van der Waals surface area contributed by atoms with Crippen molar-refractivity contribution in [3.63, 3.8) is 0 Å². The second kappa shape index (κ2) is 8.26. The minimum absolute atomic E-state index is 0.0613. The van der Waals surface area contributed by atoms with Crippen LogP contribution in [-0.2, 0) is 9.53 Å². The summed E-state index contributed by atoms with van der Waals surface area (Å²) in [4.78, 5) is 20.0. The molecule has 2 heterocycles. The Labute approximate surface area is 183 Å². The molecule has 0 radical (unpaired) electrons. The van der Waals surface area contributed by atoms with Crippen molar-refractivity contribution < 1.29 is 14.3 Å². The number of amides is 1. The van der Waals surface area contributed by atoms with Gasteiger partial charge in [0.2, 0.25) is 5.91 Å². The summed E-state index contributed by atoms with van der Waals surface area (Å²) in [5.74, 6) is 3.08. The Kier molecular flexibility index (Phi) is 5.46. The molecule has 1 saturated heterocycles. The molecule has 2 saturated carbocycles. The number of carbonyl (C=O) groups is 1. The average molecular weight is 425 g/mol. The minimum atomic E-state index is -0.336. The molecule has 2 aliphatic carbocycles. The van der Waals surface area contributed by atoms with Gasteiger partial charge in [-0.05, 0) is 57.2 Å². The smallest absolute Gasteiger partial charge is 0.249 e. The summed E-state index contributed by atoms with van der Waals surface area (Å²) in [6.45, 7) is 4.36. The average Bonchev–Trinajstić information content (AvgIpc) is 3.27. The second-order valence-corrected chi connectivity index (χ2v) is 9.33. The van der Waals surface area contributed by atoms with Crippen molar-refractivity contribution in [1.29, 1.82) is 0 Å². The first-order chi connectivity index (χ1) is 15.1. The summed E-state index contributed by atoms with van der Waals surface area (Å²) in [5.41, 5.74) is 1.05. The van der Waals surface area contributed by atoms with Crippen LogP contribution in [0.2, 0.25) is 0 Å². The molecule has 5 rings (SSSR count). The summed E-state index contributed by atoms with van der Waals surface area (Å²) in [5, 5.41) is 4.93. The maximum absolute atomic E-state index is 12.9. The predicted molar refractivity (Wildman–Crippen MR) is 116 cm³/mol. The third-order valence-corrected chi connectivity index (χ3v) is 6.80. The second-order valence-electron chi connectivity index (χ2n) is 9.33. The molecule has 1 aromatic carbocycles. The van der Waals surface area contributed by atoms with Crippen molar-refractivity contribution in [2.45, 2.75) is 82.5 Å². The summed E-state index contributed by atoms with van der Waals surface area (Å²) >= 11 is 0.